The average Bonchev–Trinajstić information content (AvgIpc) is 3.24. The average molecular weight is 388 g/mol. The van der Waals surface area contributed by atoms with Crippen molar-refractivity contribution < 1.29 is 9.90 Å². The molecule has 0 aliphatic carbocycles. The van der Waals surface area contributed by atoms with Gasteiger partial charge < -0.3 is 15.7 Å². The van der Waals surface area contributed by atoms with Crippen molar-refractivity contribution in [2.24, 2.45) is 0 Å². The van der Waals surface area contributed by atoms with Crippen LogP contribution in [0.4, 0.5) is 17.3 Å². The van der Waals surface area contributed by atoms with Gasteiger partial charge in [-0.25, -0.2) is 9.97 Å². The third kappa shape index (κ3) is 4.16. The van der Waals surface area contributed by atoms with Gasteiger partial charge in [0.05, 0.1) is 10.6 Å². The van der Waals surface area contributed by atoms with Crippen LogP contribution in [-0.4, -0.2) is 21.0 Å². The van der Waals surface area contributed by atoms with Crippen molar-refractivity contribution in [3.8, 4) is 17.0 Å². The number of phenolic OH excluding ortho intramolecular Hbond substituents is 1. The van der Waals surface area contributed by atoms with E-state index in [9.17, 15) is 9.90 Å². The Morgan fingerprint density at radius 1 is 0.964 bits per heavy atom. The molecule has 2 aromatic carbocycles. The Morgan fingerprint density at radius 3 is 2.57 bits per heavy atom. The fourth-order valence-corrected chi connectivity index (χ4v) is 3.24. The van der Waals surface area contributed by atoms with E-state index in [1.54, 1.807) is 30.5 Å². The molecule has 0 aliphatic rings. The van der Waals surface area contributed by atoms with E-state index in [-0.39, 0.29) is 11.7 Å². The van der Waals surface area contributed by atoms with Crippen LogP contribution in [0.5, 0.6) is 5.75 Å². The highest BCUT2D eigenvalue weighted by atomic mass is 32.1. The van der Waals surface area contributed by atoms with Gasteiger partial charge in [-0.15, -0.1) is 11.3 Å². The molecule has 0 atom stereocenters. The Labute approximate surface area is 165 Å². The van der Waals surface area contributed by atoms with E-state index in [0.29, 0.717) is 22.2 Å². The van der Waals surface area contributed by atoms with E-state index < -0.39 is 0 Å². The Bertz CT molecular complexity index is 1100. The first kappa shape index (κ1) is 17.7. The van der Waals surface area contributed by atoms with E-state index >= 15 is 0 Å². The number of hydrogen-bond acceptors (Lipinski definition) is 6. The van der Waals surface area contributed by atoms with Crippen molar-refractivity contribution in [3.63, 3.8) is 0 Å². The van der Waals surface area contributed by atoms with E-state index in [0.717, 1.165) is 11.3 Å². The van der Waals surface area contributed by atoms with E-state index in [1.165, 1.54) is 11.3 Å². The molecule has 0 radical (unpaired) electrons. The summed E-state index contributed by atoms with van der Waals surface area (Å²) >= 11 is 1.40. The van der Waals surface area contributed by atoms with Crippen LogP contribution in [0.2, 0.25) is 0 Å². The molecule has 0 fully saturated rings. The maximum Gasteiger partial charge on any atom is 0.265 e. The highest BCUT2D eigenvalue weighted by Gasteiger charge is 2.08. The van der Waals surface area contributed by atoms with E-state index in [2.05, 4.69) is 20.6 Å². The van der Waals surface area contributed by atoms with Gasteiger partial charge in [0.1, 0.15) is 5.75 Å². The third-order valence-corrected chi connectivity index (χ3v) is 4.81. The quantitative estimate of drug-likeness (QED) is 0.452. The molecule has 0 unspecified atom stereocenters. The molecule has 2 aromatic heterocycles. The van der Waals surface area contributed by atoms with Gasteiger partial charge in [-0.3, -0.25) is 4.79 Å². The summed E-state index contributed by atoms with van der Waals surface area (Å²) in [6.45, 7) is 0. The third-order valence-electron chi connectivity index (χ3n) is 3.94. The lowest BCUT2D eigenvalue weighted by atomic mass is 10.1. The second-order valence-electron chi connectivity index (χ2n) is 5.95. The van der Waals surface area contributed by atoms with Gasteiger partial charge in [-0.2, -0.15) is 0 Å². The van der Waals surface area contributed by atoms with Crippen molar-refractivity contribution >= 4 is 34.6 Å². The lowest BCUT2D eigenvalue weighted by Crippen LogP contribution is -2.09. The van der Waals surface area contributed by atoms with Crippen molar-refractivity contribution in [2.45, 2.75) is 0 Å². The van der Waals surface area contributed by atoms with Crippen LogP contribution < -0.4 is 10.6 Å². The summed E-state index contributed by atoms with van der Waals surface area (Å²) in [5.74, 6) is 0.474. The summed E-state index contributed by atoms with van der Waals surface area (Å²) in [6.07, 6.45) is 1.67. The van der Waals surface area contributed by atoms with Crippen molar-refractivity contribution in [3.05, 3.63) is 83.2 Å². The van der Waals surface area contributed by atoms with Crippen molar-refractivity contribution in [2.75, 3.05) is 10.6 Å². The number of aromatic hydroxyl groups is 1. The molecular weight excluding hydrogens is 372 g/mol. The van der Waals surface area contributed by atoms with Gasteiger partial charge in [0.25, 0.3) is 5.91 Å². The number of carbonyl (C=O) groups is 1. The molecule has 3 N–H and O–H groups in total. The molecule has 7 heteroatoms. The van der Waals surface area contributed by atoms with Crippen LogP contribution in [0.1, 0.15) is 9.67 Å². The summed E-state index contributed by atoms with van der Waals surface area (Å²) < 4.78 is 0. The minimum atomic E-state index is -0.123. The number of phenols is 1. The second kappa shape index (κ2) is 7.89. The molecule has 0 saturated carbocycles. The number of carbonyl (C=O) groups excluding carboxylic acids is 1. The van der Waals surface area contributed by atoms with Crippen LogP contribution in [-0.2, 0) is 0 Å². The topological polar surface area (TPSA) is 87.1 Å². The zero-order valence-corrected chi connectivity index (χ0v) is 15.5. The molecule has 2 heterocycles. The molecule has 28 heavy (non-hydrogen) atoms. The van der Waals surface area contributed by atoms with Crippen LogP contribution in [0.25, 0.3) is 11.3 Å². The number of hydrogen-bond donors (Lipinski definition) is 3. The Hall–Kier alpha value is -3.71. The highest BCUT2D eigenvalue weighted by Crippen LogP contribution is 2.23. The number of aromatic nitrogens is 2. The summed E-state index contributed by atoms with van der Waals surface area (Å²) in [4.78, 5) is 21.5. The highest BCUT2D eigenvalue weighted by molar-refractivity contribution is 7.12. The normalized spacial score (nSPS) is 10.4. The fraction of sp³-hybridized carbons (Fsp3) is 0. The largest absolute Gasteiger partial charge is 0.508 e. The molecule has 138 valence electrons. The van der Waals surface area contributed by atoms with Gasteiger partial charge in [0.2, 0.25) is 5.95 Å². The summed E-state index contributed by atoms with van der Waals surface area (Å²) in [5.41, 5.74) is 3.06. The Balaban J connectivity index is 1.49. The van der Waals surface area contributed by atoms with Crippen LogP contribution in [0.3, 0.4) is 0 Å². The monoisotopic (exact) mass is 388 g/mol. The van der Waals surface area contributed by atoms with E-state index in [4.69, 9.17) is 0 Å². The molecule has 0 spiro atoms. The van der Waals surface area contributed by atoms with E-state index in [1.807, 2.05) is 47.8 Å². The van der Waals surface area contributed by atoms with Gasteiger partial charge in [-0.05, 0) is 41.8 Å². The molecule has 4 aromatic rings. The number of anilines is 3. The lowest BCUT2D eigenvalue weighted by Gasteiger charge is -2.08. The molecule has 1 amide bonds. The number of benzene rings is 2. The number of nitrogens with zero attached hydrogens (tertiary/aromatic N) is 2. The zero-order valence-electron chi connectivity index (χ0n) is 14.7. The molecule has 6 nitrogen and oxygen atoms in total. The van der Waals surface area contributed by atoms with Gasteiger partial charge >= 0.3 is 0 Å². The van der Waals surface area contributed by atoms with Gasteiger partial charge in [0, 0.05) is 29.2 Å². The predicted octanol–water partition coefficient (Wildman–Crippen LogP) is 4.91. The van der Waals surface area contributed by atoms with Crippen molar-refractivity contribution in [1.82, 2.24) is 9.97 Å². The Morgan fingerprint density at radius 2 is 1.82 bits per heavy atom. The van der Waals surface area contributed by atoms with Gasteiger partial charge in [0.15, 0.2) is 0 Å². The zero-order chi connectivity index (χ0) is 19.3. The second-order valence-corrected chi connectivity index (χ2v) is 6.90. The first-order valence-electron chi connectivity index (χ1n) is 8.52. The molecule has 4 rings (SSSR count). The number of amides is 1. The molecule has 0 bridgehead atoms. The SMILES string of the molecule is O=C(Nc1ccc(-c2ccnc(Nc3cccc(O)c3)n2)cc1)c1cccs1. The van der Waals surface area contributed by atoms with Gasteiger partial charge in [-0.1, -0.05) is 24.3 Å². The lowest BCUT2D eigenvalue weighted by molar-refractivity contribution is 0.103. The summed E-state index contributed by atoms with van der Waals surface area (Å²) in [7, 11) is 0. The van der Waals surface area contributed by atoms with Crippen LogP contribution in [0.15, 0.2) is 78.3 Å². The maximum absolute atomic E-state index is 12.1. The number of thiophene rings is 1. The number of rotatable bonds is 5. The molecule has 0 saturated heterocycles. The first-order chi connectivity index (χ1) is 13.7. The predicted molar refractivity (Wildman–Crippen MR) is 111 cm³/mol. The minimum absolute atomic E-state index is 0.123. The summed E-state index contributed by atoms with van der Waals surface area (Å²) in [6, 6.07) is 19.7. The van der Waals surface area contributed by atoms with Crippen LogP contribution >= 0.6 is 11.3 Å². The molecular formula is C21H16N4O2S. The smallest absolute Gasteiger partial charge is 0.265 e. The summed E-state index contributed by atoms with van der Waals surface area (Å²) in [5, 5.41) is 17.4. The minimum Gasteiger partial charge on any atom is -0.508 e. The standard InChI is InChI=1S/C21H16N4O2S/c26-17-4-1-3-16(13-17)24-21-22-11-10-18(25-21)14-6-8-15(9-7-14)23-20(27)19-5-2-12-28-19/h1-13,26H,(H,23,27)(H,22,24,25). The molecule has 0 aliphatic heterocycles. The number of nitrogens with one attached hydrogen (secondary N) is 2. The first-order valence-corrected chi connectivity index (χ1v) is 9.40. The maximum atomic E-state index is 12.1. The van der Waals surface area contributed by atoms with Crippen molar-refractivity contribution in [1.29, 1.82) is 0 Å². The van der Waals surface area contributed by atoms with Crippen LogP contribution in [0, 0.1) is 0 Å². The fourth-order valence-electron chi connectivity index (χ4n) is 2.62. The Kier molecular flexibility index (Phi) is 4.99.